The van der Waals surface area contributed by atoms with E-state index in [4.69, 9.17) is 11.6 Å². The van der Waals surface area contributed by atoms with Crippen LogP contribution in [0.4, 0.5) is 5.69 Å². The number of halogens is 1. The SMILES string of the molecule is CC(O)CC(C)NC(=O)c1cccc([N+](=O)[O-])c1Cl. The molecule has 1 rings (SSSR count). The lowest BCUT2D eigenvalue weighted by atomic mass is 10.1. The zero-order chi connectivity index (χ0) is 14.6. The smallest absolute Gasteiger partial charge is 0.288 e. The minimum absolute atomic E-state index is 0.0494. The summed E-state index contributed by atoms with van der Waals surface area (Å²) in [6.07, 6.45) is -0.158. The van der Waals surface area contributed by atoms with E-state index in [0.717, 1.165) is 0 Å². The van der Waals surface area contributed by atoms with Crippen LogP contribution in [0, 0.1) is 10.1 Å². The number of amides is 1. The first kappa shape index (κ1) is 15.4. The maximum Gasteiger partial charge on any atom is 0.288 e. The third-order valence-corrected chi connectivity index (χ3v) is 2.89. The van der Waals surface area contributed by atoms with Crippen molar-refractivity contribution in [2.45, 2.75) is 32.4 Å². The van der Waals surface area contributed by atoms with Gasteiger partial charge in [0.05, 0.1) is 16.6 Å². The average Bonchev–Trinajstić information content (AvgIpc) is 2.27. The molecule has 1 aromatic carbocycles. The molecule has 0 saturated heterocycles. The second-order valence-corrected chi connectivity index (χ2v) is 4.73. The van der Waals surface area contributed by atoms with Gasteiger partial charge in [0.25, 0.3) is 11.6 Å². The van der Waals surface area contributed by atoms with Crippen LogP contribution in [0.1, 0.15) is 30.6 Å². The normalized spacial score (nSPS) is 13.7. The number of nitrogens with one attached hydrogen (secondary N) is 1. The molecule has 0 aliphatic rings. The summed E-state index contributed by atoms with van der Waals surface area (Å²) in [6.45, 7) is 3.35. The van der Waals surface area contributed by atoms with Crippen LogP contribution < -0.4 is 5.32 Å². The van der Waals surface area contributed by atoms with Gasteiger partial charge in [-0.3, -0.25) is 14.9 Å². The largest absolute Gasteiger partial charge is 0.393 e. The number of nitro benzene ring substituents is 1. The first-order valence-electron chi connectivity index (χ1n) is 5.74. The fourth-order valence-corrected chi connectivity index (χ4v) is 1.99. The van der Waals surface area contributed by atoms with E-state index in [0.29, 0.717) is 6.42 Å². The Morgan fingerprint density at radius 3 is 2.68 bits per heavy atom. The predicted molar refractivity (Wildman–Crippen MR) is 71.3 cm³/mol. The van der Waals surface area contributed by atoms with E-state index in [1.54, 1.807) is 13.8 Å². The molecule has 6 nitrogen and oxygen atoms in total. The van der Waals surface area contributed by atoms with Crippen LogP contribution in [0.5, 0.6) is 0 Å². The molecular weight excluding hydrogens is 272 g/mol. The number of nitrogens with zero attached hydrogens (tertiary/aromatic N) is 1. The lowest BCUT2D eigenvalue weighted by Gasteiger charge is -2.15. The number of carbonyl (C=O) groups excluding carboxylic acids is 1. The van der Waals surface area contributed by atoms with Crippen LogP contribution in [0.25, 0.3) is 0 Å². The Bertz CT molecular complexity index is 491. The summed E-state index contributed by atoms with van der Waals surface area (Å²) in [7, 11) is 0. The lowest BCUT2D eigenvalue weighted by Crippen LogP contribution is -2.34. The fraction of sp³-hybridized carbons (Fsp3) is 0.417. The van der Waals surface area contributed by atoms with Crippen molar-refractivity contribution >= 4 is 23.2 Å². The fourth-order valence-electron chi connectivity index (χ4n) is 1.71. The summed E-state index contributed by atoms with van der Waals surface area (Å²) < 4.78 is 0. The van der Waals surface area contributed by atoms with E-state index in [9.17, 15) is 20.0 Å². The van der Waals surface area contributed by atoms with Crippen molar-refractivity contribution in [3.05, 3.63) is 38.9 Å². The number of nitro groups is 1. The zero-order valence-corrected chi connectivity index (χ0v) is 11.3. The maximum absolute atomic E-state index is 11.9. The Morgan fingerprint density at radius 2 is 2.16 bits per heavy atom. The third-order valence-electron chi connectivity index (χ3n) is 2.49. The number of rotatable bonds is 5. The molecule has 0 saturated carbocycles. The molecular formula is C12H15ClN2O4. The molecule has 0 aliphatic carbocycles. The number of aliphatic hydroxyl groups is 1. The number of carbonyl (C=O) groups is 1. The van der Waals surface area contributed by atoms with E-state index >= 15 is 0 Å². The summed E-state index contributed by atoms with van der Waals surface area (Å²) in [6, 6.07) is 3.79. The molecule has 7 heteroatoms. The highest BCUT2D eigenvalue weighted by Gasteiger charge is 2.21. The van der Waals surface area contributed by atoms with Gasteiger partial charge in [0, 0.05) is 12.1 Å². The molecule has 0 heterocycles. The van der Waals surface area contributed by atoms with Crippen molar-refractivity contribution in [1.29, 1.82) is 0 Å². The molecule has 1 aromatic rings. The highest BCUT2D eigenvalue weighted by atomic mass is 35.5. The molecule has 0 aliphatic heterocycles. The van der Waals surface area contributed by atoms with Gasteiger partial charge in [-0.15, -0.1) is 0 Å². The minimum Gasteiger partial charge on any atom is -0.393 e. The molecule has 0 bridgehead atoms. The van der Waals surface area contributed by atoms with Crippen molar-refractivity contribution in [3.63, 3.8) is 0 Å². The lowest BCUT2D eigenvalue weighted by molar-refractivity contribution is -0.384. The second kappa shape index (κ2) is 6.49. The molecule has 104 valence electrons. The summed E-state index contributed by atoms with van der Waals surface area (Å²) in [5.74, 6) is -0.498. The maximum atomic E-state index is 11.9. The van der Waals surface area contributed by atoms with Gasteiger partial charge in [-0.25, -0.2) is 0 Å². The summed E-state index contributed by atoms with van der Waals surface area (Å²) in [5, 5.41) is 22.4. The van der Waals surface area contributed by atoms with E-state index in [1.165, 1.54) is 18.2 Å². The molecule has 19 heavy (non-hydrogen) atoms. The number of hydrogen-bond acceptors (Lipinski definition) is 4. The standard InChI is InChI=1S/C12H15ClN2O4/c1-7(6-8(2)16)14-12(17)9-4-3-5-10(11(9)13)15(18)19/h3-5,7-8,16H,6H2,1-2H3,(H,14,17). The second-order valence-electron chi connectivity index (χ2n) is 4.36. The Kier molecular flexibility index (Phi) is 5.26. The minimum atomic E-state index is -0.641. The van der Waals surface area contributed by atoms with Crippen LogP contribution in [0.2, 0.25) is 5.02 Å². The Hall–Kier alpha value is -1.66. The van der Waals surface area contributed by atoms with Gasteiger partial charge in [0.15, 0.2) is 0 Å². The Morgan fingerprint density at radius 1 is 1.53 bits per heavy atom. The highest BCUT2D eigenvalue weighted by molar-refractivity contribution is 6.35. The van der Waals surface area contributed by atoms with Crippen molar-refractivity contribution in [3.8, 4) is 0 Å². The monoisotopic (exact) mass is 286 g/mol. The van der Waals surface area contributed by atoms with Crippen molar-refractivity contribution in [2.24, 2.45) is 0 Å². The van der Waals surface area contributed by atoms with Crippen LogP contribution in [0.3, 0.4) is 0 Å². The van der Waals surface area contributed by atoms with E-state index in [-0.39, 0.29) is 22.3 Å². The average molecular weight is 287 g/mol. The molecule has 0 spiro atoms. The molecule has 0 fully saturated rings. The molecule has 1 amide bonds. The van der Waals surface area contributed by atoms with Crippen LogP contribution in [0.15, 0.2) is 18.2 Å². The van der Waals surface area contributed by atoms with Gasteiger partial charge >= 0.3 is 0 Å². The molecule has 0 aromatic heterocycles. The first-order chi connectivity index (χ1) is 8.82. The summed E-state index contributed by atoms with van der Waals surface area (Å²) in [5.41, 5.74) is -0.259. The van der Waals surface area contributed by atoms with Gasteiger partial charge in [-0.2, -0.15) is 0 Å². The van der Waals surface area contributed by atoms with Gasteiger partial charge in [-0.1, -0.05) is 17.7 Å². The quantitative estimate of drug-likeness (QED) is 0.640. The van der Waals surface area contributed by atoms with Crippen molar-refractivity contribution < 1.29 is 14.8 Å². The highest BCUT2D eigenvalue weighted by Crippen LogP contribution is 2.27. The molecule has 0 radical (unpaired) electrons. The Balaban J connectivity index is 2.89. The number of hydrogen-bond donors (Lipinski definition) is 2. The van der Waals surface area contributed by atoms with Crippen molar-refractivity contribution in [2.75, 3.05) is 0 Å². The van der Waals surface area contributed by atoms with Crippen LogP contribution in [-0.2, 0) is 0 Å². The zero-order valence-electron chi connectivity index (χ0n) is 10.6. The predicted octanol–water partition coefficient (Wildman–Crippen LogP) is 2.14. The van der Waals surface area contributed by atoms with E-state index < -0.39 is 16.9 Å². The molecule has 2 unspecified atom stereocenters. The molecule has 2 N–H and O–H groups in total. The van der Waals surface area contributed by atoms with Gasteiger partial charge in [0.1, 0.15) is 5.02 Å². The number of benzene rings is 1. The third kappa shape index (κ3) is 4.18. The topological polar surface area (TPSA) is 92.5 Å². The van der Waals surface area contributed by atoms with Gasteiger partial charge in [-0.05, 0) is 26.3 Å². The van der Waals surface area contributed by atoms with E-state index in [2.05, 4.69) is 5.32 Å². The summed E-state index contributed by atoms with van der Waals surface area (Å²) >= 11 is 5.84. The van der Waals surface area contributed by atoms with Crippen LogP contribution >= 0.6 is 11.6 Å². The van der Waals surface area contributed by atoms with Gasteiger partial charge < -0.3 is 10.4 Å². The number of aliphatic hydroxyl groups excluding tert-OH is 1. The Labute approximate surface area is 115 Å². The van der Waals surface area contributed by atoms with E-state index in [1.807, 2.05) is 0 Å². The summed E-state index contributed by atoms with van der Waals surface area (Å²) in [4.78, 5) is 22.0. The first-order valence-corrected chi connectivity index (χ1v) is 6.12. The van der Waals surface area contributed by atoms with Crippen molar-refractivity contribution in [1.82, 2.24) is 5.32 Å². The van der Waals surface area contributed by atoms with Gasteiger partial charge in [0.2, 0.25) is 0 Å². The molecule has 2 atom stereocenters. The van der Waals surface area contributed by atoms with Crippen LogP contribution in [-0.4, -0.2) is 28.1 Å².